The Labute approximate surface area is 177 Å². The number of nitrogens with zero attached hydrogens (tertiary/aromatic N) is 4. The summed E-state index contributed by atoms with van der Waals surface area (Å²) in [4.78, 5) is 27.0. The van der Waals surface area contributed by atoms with Crippen LogP contribution in [0, 0.1) is 6.92 Å². The van der Waals surface area contributed by atoms with Crippen LogP contribution in [0.15, 0.2) is 18.3 Å². The first kappa shape index (κ1) is 22.5. The van der Waals surface area contributed by atoms with Crippen molar-refractivity contribution in [3.8, 4) is 5.88 Å². The fraction of sp³-hybridized carbons (Fsp3) is 0.474. The summed E-state index contributed by atoms with van der Waals surface area (Å²) in [6.45, 7) is 2.45. The van der Waals surface area contributed by atoms with E-state index in [1.165, 1.54) is 19.4 Å². The van der Waals surface area contributed by atoms with Gasteiger partial charge in [-0.1, -0.05) is 6.07 Å². The lowest BCUT2D eigenvalue weighted by Crippen LogP contribution is -2.53. The first-order valence-electron chi connectivity index (χ1n) is 9.42. The predicted molar refractivity (Wildman–Crippen MR) is 107 cm³/mol. The highest BCUT2D eigenvalue weighted by Crippen LogP contribution is 2.33. The average molecular weight is 440 g/mol. The van der Waals surface area contributed by atoms with Crippen LogP contribution in [0.1, 0.15) is 18.2 Å². The van der Waals surface area contributed by atoms with Gasteiger partial charge in [-0.25, -0.2) is 9.97 Å². The van der Waals surface area contributed by atoms with Gasteiger partial charge in [0.25, 0.3) is 0 Å². The number of hydrogen-bond donors (Lipinski definition) is 2. The van der Waals surface area contributed by atoms with Crippen molar-refractivity contribution in [3.05, 3.63) is 29.6 Å². The quantitative estimate of drug-likeness (QED) is 0.678. The number of halogens is 3. The van der Waals surface area contributed by atoms with Gasteiger partial charge in [0, 0.05) is 33.0 Å². The molecule has 3 rings (SSSR count). The van der Waals surface area contributed by atoms with E-state index in [1.54, 1.807) is 31.9 Å². The summed E-state index contributed by atoms with van der Waals surface area (Å²) in [6, 6.07) is 2.41. The fourth-order valence-electron chi connectivity index (χ4n) is 3.14. The number of pyridine rings is 1. The second-order valence-corrected chi connectivity index (χ2v) is 7.08. The largest absolute Gasteiger partial charge is 0.468 e. The maximum absolute atomic E-state index is 12.5. The van der Waals surface area contributed by atoms with E-state index in [0.717, 1.165) is 0 Å². The van der Waals surface area contributed by atoms with Crippen LogP contribution < -0.4 is 20.3 Å². The van der Waals surface area contributed by atoms with Crippen LogP contribution in [-0.4, -0.2) is 59.9 Å². The molecule has 0 spiro atoms. The molecule has 1 aliphatic heterocycles. The van der Waals surface area contributed by atoms with E-state index in [0.29, 0.717) is 35.3 Å². The second-order valence-electron chi connectivity index (χ2n) is 7.08. The molecule has 0 fully saturated rings. The Bertz CT molecular complexity index is 939. The summed E-state index contributed by atoms with van der Waals surface area (Å²) in [5, 5.41) is 5.90. The minimum Gasteiger partial charge on any atom is -0.468 e. The van der Waals surface area contributed by atoms with Crippen molar-refractivity contribution in [2.75, 3.05) is 36.3 Å². The Kier molecular flexibility index (Phi) is 6.48. The van der Waals surface area contributed by atoms with Gasteiger partial charge in [-0.2, -0.15) is 18.2 Å². The molecule has 0 saturated heterocycles. The highest BCUT2D eigenvalue weighted by Gasteiger charge is 2.37. The number of aromatic nitrogens is 3. The van der Waals surface area contributed by atoms with Crippen molar-refractivity contribution in [1.29, 1.82) is 0 Å². The molecule has 0 aromatic carbocycles. The number of fused-ring (bicyclic) bond motifs is 1. The summed E-state index contributed by atoms with van der Waals surface area (Å²) < 4.78 is 46.5. The monoisotopic (exact) mass is 440 g/mol. The number of hydrogen-bond acceptors (Lipinski definition) is 8. The zero-order valence-corrected chi connectivity index (χ0v) is 17.4. The molecular weight excluding hydrogens is 417 g/mol. The molecule has 1 aliphatic rings. The number of nitrogens with one attached hydrogen (secondary N) is 2. The Morgan fingerprint density at radius 1 is 1.32 bits per heavy atom. The normalized spacial score (nSPS) is 17.1. The number of rotatable bonds is 7. The van der Waals surface area contributed by atoms with Gasteiger partial charge in [0.05, 0.1) is 11.8 Å². The third-order valence-corrected chi connectivity index (χ3v) is 4.79. The lowest BCUT2D eigenvalue weighted by Gasteiger charge is -2.37. The van der Waals surface area contributed by atoms with Gasteiger partial charge < -0.3 is 25.0 Å². The Morgan fingerprint density at radius 2 is 2.06 bits per heavy atom. The summed E-state index contributed by atoms with van der Waals surface area (Å²) in [5.74, 6) is 0.575. The number of likely N-dealkylation sites (N-methyl/N-ethyl adjacent to an activating group) is 1. The van der Waals surface area contributed by atoms with Gasteiger partial charge in [-0.05, 0) is 19.4 Å². The maximum atomic E-state index is 12.5. The third-order valence-electron chi connectivity index (χ3n) is 4.79. The molecule has 0 unspecified atom stereocenters. The number of anilines is 3. The van der Waals surface area contributed by atoms with E-state index in [9.17, 15) is 18.0 Å². The molecule has 31 heavy (non-hydrogen) atoms. The number of aryl methyl sites for hydroxylation is 1. The molecule has 12 heteroatoms. The van der Waals surface area contributed by atoms with Crippen LogP contribution >= 0.6 is 0 Å². The standard InChI is InChI=1S/C19H23F3N6O3/c1-10-14-16(28(3)15(11(2)30-4)17(29)26-14)27-18(25-10)24-8-12-5-6-13(23-7-12)31-9-19(20,21)22/h5-7,11,15H,8-9H2,1-4H3,(H,26,29)(H,24,25,27)/t11-,15+/m1/s1. The highest BCUT2D eigenvalue weighted by atomic mass is 19.4. The van der Waals surface area contributed by atoms with Gasteiger partial charge in [-0.3, -0.25) is 4.79 Å². The Balaban J connectivity index is 1.70. The van der Waals surface area contributed by atoms with E-state index in [4.69, 9.17) is 4.74 Å². The van der Waals surface area contributed by atoms with E-state index in [1.807, 2.05) is 0 Å². The zero-order chi connectivity index (χ0) is 22.8. The first-order chi connectivity index (χ1) is 14.6. The van der Waals surface area contributed by atoms with E-state index in [2.05, 4.69) is 30.3 Å². The number of ether oxygens (including phenoxy) is 2. The van der Waals surface area contributed by atoms with Crippen LogP contribution in [0.2, 0.25) is 0 Å². The molecule has 9 nitrogen and oxygen atoms in total. The highest BCUT2D eigenvalue weighted by molar-refractivity contribution is 6.03. The van der Waals surface area contributed by atoms with Gasteiger partial charge in [0.15, 0.2) is 12.4 Å². The fourth-order valence-corrected chi connectivity index (χ4v) is 3.14. The first-order valence-corrected chi connectivity index (χ1v) is 9.42. The number of carbonyl (C=O) groups is 1. The van der Waals surface area contributed by atoms with Crippen LogP contribution in [0.3, 0.4) is 0 Å². The molecular formula is C19H23F3N6O3. The molecule has 2 N–H and O–H groups in total. The summed E-state index contributed by atoms with van der Waals surface area (Å²) in [7, 11) is 3.30. The minimum absolute atomic E-state index is 0.113. The van der Waals surface area contributed by atoms with Crippen LogP contribution in [0.4, 0.5) is 30.6 Å². The number of carbonyl (C=O) groups excluding carboxylic acids is 1. The smallest absolute Gasteiger partial charge is 0.422 e. The van der Waals surface area contributed by atoms with Gasteiger partial charge in [0.2, 0.25) is 17.7 Å². The topological polar surface area (TPSA) is 102 Å². The van der Waals surface area contributed by atoms with E-state index < -0.39 is 18.8 Å². The minimum atomic E-state index is -4.42. The van der Waals surface area contributed by atoms with Crippen molar-refractivity contribution < 1.29 is 27.4 Å². The average Bonchev–Trinajstić information content (AvgIpc) is 2.71. The van der Waals surface area contributed by atoms with Crippen LogP contribution in [0.25, 0.3) is 0 Å². The molecule has 2 aromatic heterocycles. The SMILES string of the molecule is CO[C@H](C)[C@H]1C(=O)Nc2c(C)nc(NCc3ccc(OCC(F)(F)F)nc3)nc2N1C. The van der Waals surface area contributed by atoms with Crippen molar-refractivity contribution >= 4 is 23.4 Å². The summed E-state index contributed by atoms with van der Waals surface area (Å²) in [6.07, 6.45) is -3.36. The Morgan fingerprint density at radius 3 is 2.68 bits per heavy atom. The number of methoxy groups -OCH3 is 1. The molecule has 0 aliphatic carbocycles. The molecule has 0 saturated carbocycles. The molecule has 2 aromatic rings. The third kappa shape index (κ3) is 5.32. The molecule has 2 atom stereocenters. The lowest BCUT2D eigenvalue weighted by atomic mass is 10.1. The van der Waals surface area contributed by atoms with Crippen molar-refractivity contribution in [1.82, 2.24) is 15.0 Å². The van der Waals surface area contributed by atoms with Crippen LogP contribution in [-0.2, 0) is 16.1 Å². The van der Waals surface area contributed by atoms with E-state index in [-0.39, 0.29) is 17.9 Å². The molecule has 0 bridgehead atoms. The summed E-state index contributed by atoms with van der Waals surface area (Å²) in [5.41, 5.74) is 1.82. The second kappa shape index (κ2) is 8.92. The maximum Gasteiger partial charge on any atom is 0.422 e. The predicted octanol–water partition coefficient (Wildman–Crippen LogP) is 2.53. The number of amides is 1. The van der Waals surface area contributed by atoms with Crippen molar-refractivity contribution in [3.63, 3.8) is 0 Å². The van der Waals surface area contributed by atoms with Crippen LogP contribution in [0.5, 0.6) is 5.88 Å². The molecule has 1 amide bonds. The van der Waals surface area contributed by atoms with Gasteiger partial charge in [0.1, 0.15) is 11.7 Å². The van der Waals surface area contributed by atoms with Crippen molar-refractivity contribution in [2.24, 2.45) is 0 Å². The number of alkyl halides is 3. The molecule has 0 radical (unpaired) electrons. The van der Waals surface area contributed by atoms with Crippen molar-refractivity contribution in [2.45, 2.75) is 38.7 Å². The Hall–Kier alpha value is -3.15. The van der Waals surface area contributed by atoms with Gasteiger partial charge >= 0.3 is 6.18 Å². The summed E-state index contributed by atoms with van der Waals surface area (Å²) >= 11 is 0. The zero-order valence-electron chi connectivity index (χ0n) is 17.4. The van der Waals surface area contributed by atoms with Gasteiger partial charge in [-0.15, -0.1) is 0 Å². The van der Waals surface area contributed by atoms with E-state index >= 15 is 0 Å². The molecule has 168 valence electrons. The molecule has 3 heterocycles. The lowest BCUT2D eigenvalue weighted by molar-refractivity contribution is -0.154.